The van der Waals surface area contributed by atoms with Crippen molar-refractivity contribution in [3.05, 3.63) is 70.8 Å². The maximum atomic E-state index is 13.3. The van der Waals surface area contributed by atoms with Gasteiger partial charge in [0.1, 0.15) is 13.2 Å². The lowest BCUT2D eigenvalue weighted by molar-refractivity contribution is -0.163. The third kappa shape index (κ3) is 7.99. The van der Waals surface area contributed by atoms with Gasteiger partial charge in [0.05, 0.1) is 0 Å². The van der Waals surface area contributed by atoms with Gasteiger partial charge in [0.25, 0.3) is 0 Å². The van der Waals surface area contributed by atoms with Crippen molar-refractivity contribution in [2.45, 2.75) is 62.2 Å². The summed E-state index contributed by atoms with van der Waals surface area (Å²) in [5.74, 6) is -4.77. The molecule has 2 aromatic rings. The third-order valence-corrected chi connectivity index (χ3v) is 7.62. The van der Waals surface area contributed by atoms with Crippen LogP contribution in [0.1, 0.15) is 60.8 Å². The van der Waals surface area contributed by atoms with Crippen LogP contribution in [0.4, 0.5) is 17.6 Å². The summed E-state index contributed by atoms with van der Waals surface area (Å²) in [6.45, 7) is 2.59. The van der Waals surface area contributed by atoms with Crippen molar-refractivity contribution in [1.29, 1.82) is 0 Å². The molecule has 0 fully saturated rings. The van der Waals surface area contributed by atoms with Crippen molar-refractivity contribution in [3.63, 3.8) is 0 Å². The monoisotopic (exact) mass is 614 g/mol. The molecule has 0 bridgehead atoms. The van der Waals surface area contributed by atoms with Gasteiger partial charge < -0.3 is 9.47 Å². The lowest BCUT2D eigenvalue weighted by Crippen LogP contribution is -2.38. The number of ether oxygens (including phenoxy) is 2. The van der Waals surface area contributed by atoms with Crippen molar-refractivity contribution in [3.8, 4) is 0 Å². The fourth-order valence-corrected chi connectivity index (χ4v) is 4.15. The van der Waals surface area contributed by atoms with Gasteiger partial charge in [0.15, 0.2) is 0 Å². The van der Waals surface area contributed by atoms with Crippen LogP contribution in [-0.4, -0.2) is 48.4 Å². The third-order valence-electron chi connectivity index (χ3n) is 5.99. The van der Waals surface area contributed by atoms with Crippen LogP contribution in [0.15, 0.2) is 48.5 Å². The number of benzene rings is 2. The van der Waals surface area contributed by atoms with E-state index in [1.165, 1.54) is 24.3 Å². The summed E-state index contributed by atoms with van der Waals surface area (Å²) in [5, 5.41) is -10.2. The molecule has 2 N–H and O–H groups in total. The minimum atomic E-state index is -5.96. The summed E-state index contributed by atoms with van der Waals surface area (Å²) in [6, 6.07) is 12.8. The Morgan fingerprint density at radius 2 is 1.10 bits per heavy atom. The van der Waals surface area contributed by atoms with Crippen molar-refractivity contribution in [2.24, 2.45) is 0 Å². The van der Waals surface area contributed by atoms with Crippen LogP contribution in [0.25, 0.3) is 0 Å². The second kappa shape index (κ2) is 12.6. The van der Waals surface area contributed by atoms with Gasteiger partial charge in [-0.25, -0.2) is 9.59 Å². The molecular weight excluding hydrogens is 588 g/mol. The summed E-state index contributed by atoms with van der Waals surface area (Å²) in [7, 11) is -11.9. The highest BCUT2D eigenvalue weighted by Gasteiger charge is 2.55. The number of hydrogen-bond acceptors (Lipinski definition) is 8. The van der Waals surface area contributed by atoms with Crippen LogP contribution in [0, 0.1) is 0 Å². The van der Waals surface area contributed by atoms with E-state index < -0.39 is 55.9 Å². The van der Waals surface area contributed by atoms with Crippen LogP contribution in [0.5, 0.6) is 0 Å². The first-order valence-corrected chi connectivity index (χ1v) is 14.4. The maximum Gasteiger partial charge on any atom is 0.465 e. The maximum absolute atomic E-state index is 13.3. The average molecular weight is 615 g/mol. The van der Waals surface area contributed by atoms with E-state index in [0.29, 0.717) is 17.5 Å². The molecule has 0 spiro atoms. The van der Waals surface area contributed by atoms with Gasteiger partial charge in [-0.2, -0.15) is 34.4 Å². The number of alkyl halides is 4. The van der Waals surface area contributed by atoms with Crippen LogP contribution in [-0.2, 0) is 52.5 Å². The molecule has 2 aromatic carbocycles. The first kappa shape index (κ1) is 33.1. The second-order valence-corrected chi connectivity index (χ2v) is 11.8. The van der Waals surface area contributed by atoms with Gasteiger partial charge >= 0.3 is 42.7 Å². The molecule has 0 saturated heterocycles. The predicted molar refractivity (Wildman–Crippen MR) is 132 cm³/mol. The molecule has 2 atom stereocenters. The summed E-state index contributed by atoms with van der Waals surface area (Å²) >= 11 is 0. The Labute approximate surface area is 227 Å². The quantitative estimate of drug-likeness (QED) is 0.188. The van der Waals surface area contributed by atoms with E-state index in [1.54, 1.807) is 24.3 Å². The Balaban J connectivity index is 1.98. The summed E-state index contributed by atoms with van der Waals surface area (Å²) < 4.78 is 121. The minimum absolute atomic E-state index is 0.00583. The zero-order valence-corrected chi connectivity index (χ0v) is 22.7. The molecule has 0 aromatic heterocycles. The highest BCUT2D eigenvalue weighted by Crippen LogP contribution is 2.33. The van der Waals surface area contributed by atoms with Crippen molar-refractivity contribution < 1.29 is 62.6 Å². The summed E-state index contributed by atoms with van der Waals surface area (Å²) in [5.41, 5.74) is 2.35. The van der Waals surface area contributed by atoms with Crippen molar-refractivity contribution in [2.75, 3.05) is 0 Å². The molecule has 2 rings (SSSR count). The Morgan fingerprint density at radius 3 is 1.43 bits per heavy atom. The Bertz CT molecular complexity index is 1410. The molecule has 0 aliphatic carbocycles. The molecule has 0 radical (unpaired) electrons. The molecule has 0 amide bonds. The van der Waals surface area contributed by atoms with Gasteiger partial charge in [-0.1, -0.05) is 62.4 Å². The molecule has 0 saturated carbocycles. The van der Waals surface area contributed by atoms with Gasteiger partial charge in [-0.15, -0.1) is 0 Å². The summed E-state index contributed by atoms with van der Waals surface area (Å²) in [4.78, 5) is 22.6. The lowest BCUT2D eigenvalue weighted by Gasteiger charge is -2.21. The van der Waals surface area contributed by atoms with Crippen molar-refractivity contribution in [1.82, 2.24) is 0 Å². The van der Waals surface area contributed by atoms with Crippen LogP contribution >= 0.6 is 0 Å². The predicted octanol–water partition coefficient (Wildman–Crippen LogP) is 4.42. The highest BCUT2D eigenvalue weighted by atomic mass is 32.2. The fourth-order valence-electron chi connectivity index (χ4n) is 3.61. The lowest BCUT2D eigenvalue weighted by atomic mass is 9.84. The van der Waals surface area contributed by atoms with Crippen molar-refractivity contribution >= 4 is 32.2 Å². The van der Waals surface area contributed by atoms with Crippen LogP contribution in [0.2, 0.25) is 0 Å². The van der Waals surface area contributed by atoms with Crippen LogP contribution < -0.4 is 0 Å². The number of esters is 2. The van der Waals surface area contributed by atoms with Gasteiger partial charge in [-0.3, -0.25) is 9.11 Å². The smallest absolute Gasteiger partial charge is 0.455 e. The second-order valence-electron chi connectivity index (χ2n) is 8.86. The Morgan fingerprint density at radius 1 is 0.750 bits per heavy atom. The van der Waals surface area contributed by atoms with Gasteiger partial charge in [0, 0.05) is 0 Å². The van der Waals surface area contributed by atoms with E-state index in [9.17, 15) is 44.0 Å². The minimum Gasteiger partial charge on any atom is -0.455 e. The SMILES string of the molecule is CCC(CC(C)c1ccc(COC(=O)C(F)(F)S(=O)(=O)O)cc1)c1ccc(COC(=O)C(F)(F)S(=O)(=O)O)cc1. The zero-order valence-electron chi connectivity index (χ0n) is 21.1. The van der Waals surface area contributed by atoms with Gasteiger partial charge in [0.2, 0.25) is 0 Å². The van der Waals surface area contributed by atoms with E-state index in [1.807, 2.05) is 13.8 Å². The number of halogens is 4. The van der Waals surface area contributed by atoms with Crippen LogP contribution in [0.3, 0.4) is 0 Å². The highest BCUT2D eigenvalue weighted by molar-refractivity contribution is 7.88. The largest absolute Gasteiger partial charge is 0.465 e. The average Bonchev–Trinajstić information content (AvgIpc) is 2.88. The van der Waals surface area contributed by atoms with E-state index in [0.717, 1.165) is 17.5 Å². The first-order valence-electron chi connectivity index (χ1n) is 11.5. The topological polar surface area (TPSA) is 161 Å². The first-order chi connectivity index (χ1) is 18.3. The fraction of sp³-hybridized carbons (Fsp3) is 0.417. The molecule has 0 aliphatic heterocycles. The molecule has 10 nitrogen and oxygen atoms in total. The van der Waals surface area contributed by atoms with E-state index in [4.69, 9.17) is 9.11 Å². The number of carbonyl (C=O) groups excluding carboxylic acids is 2. The normalized spacial score (nSPS) is 14.3. The molecule has 0 heterocycles. The molecule has 0 aliphatic rings. The molecular formula is C24H26F4O10S2. The zero-order chi connectivity index (χ0) is 30.5. The Kier molecular flexibility index (Phi) is 10.4. The Hall–Kier alpha value is -3.08. The molecule has 2 unspecified atom stereocenters. The number of carbonyl (C=O) groups is 2. The van der Waals surface area contributed by atoms with E-state index in [-0.39, 0.29) is 11.8 Å². The molecule has 222 valence electrons. The molecule has 16 heteroatoms. The number of rotatable bonds is 13. The standard InChI is InChI=1S/C24H26F4O10S2/c1-3-18(20-10-6-17(7-11-20)14-38-22(30)24(27,28)40(34,35)36)12-15(2)19-8-4-16(5-9-19)13-37-21(29)23(25,26)39(31,32)33/h4-11,15,18H,3,12-14H2,1-2H3,(H,31,32,33)(H,34,35,36). The number of hydrogen-bond donors (Lipinski definition) is 2. The van der Waals surface area contributed by atoms with E-state index in [2.05, 4.69) is 9.47 Å². The van der Waals surface area contributed by atoms with E-state index >= 15 is 0 Å². The summed E-state index contributed by atoms with van der Waals surface area (Å²) in [6.07, 6.45) is 1.37. The van der Waals surface area contributed by atoms with Gasteiger partial charge in [-0.05, 0) is 46.9 Å². The molecule has 40 heavy (non-hydrogen) atoms.